The molecule has 3 rings (SSSR count). The molecule has 0 unspecified atom stereocenters. The summed E-state index contributed by atoms with van der Waals surface area (Å²) in [5.74, 6) is 0.563. The van der Waals surface area contributed by atoms with Crippen LogP contribution in [0.2, 0.25) is 0 Å². The highest BCUT2D eigenvalue weighted by molar-refractivity contribution is 7.80. The molecule has 0 amide bonds. The number of hydrogen-bond donors (Lipinski definition) is 2. The maximum atomic E-state index is 12.5. The third-order valence-corrected chi connectivity index (χ3v) is 3.90. The molecule has 140 valence electrons. The van der Waals surface area contributed by atoms with Crippen molar-refractivity contribution in [2.45, 2.75) is 20.1 Å². The Morgan fingerprint density at radius 2 is 1.85 bits per heavy atom. The molecule has 0 bridgehead atoms. The summed E-state index contributed by atoms with van der Waals surface area (Å²) in [5.41, 5.74) is 2.68. The van der Waals surface area contributed by atoms with Gasteiger partial charge in [0.2, 0.25) is 0 Å². The van der Waals surface area contributed by atoms with Crippen LogP contribution in [0, 0.1) is 6.92 Å². The van der Waals surface area contributed by atoms with E-state index in [1.165, 1.54) is 11.6 Å². The highest BCUT2D eigenvalue weighted by atomic mass is 32.1. The van der Waals surface area contributed by atoms with Gasteiger partial charge in [-0.05, 0) is 36.8 Å². The third kappa shape index (κ3) is 5.49. The standard InChI is InChI=1S/C19H18F2N4OS/c1-13-6-8-14(9-7-13)12-25-11-10-17(24-25)23-19(27)22-15-4-2-3-5-16(15)26-18(20)21/h2-11,18H,12H2,1H3,(H2,22,23,24,27). The summed E-state index contributed by atoms with van der Waals surface area (Å²) < 4.78 is 31.2. The number of para-hydroxylation sites is 2. The number of halogens is 2. The Morgan fingerprint density at radius 3 is 2.59 bits per heavy atom. The van der Waals surface area contributed by atoms with Crippen molar-refractivity contribution in [3.8, 4) is 5.75 Å². The highest BCUT2D eigenvalue weighted by Crippen LogP contribution is 2.25. The van der Waals surface area contributed by atoms with Crippen LogP contribution >= 0.6 is 12.2 Å². The van der Waals surface area contributed by atoms with Crippen LogP contribution in [0.15, 0.2) is 60.8 Å². The molecule has 0 aliphatic rings. The maximum absolute atomic E-state index is 12.5. The number of anilines is 2. The van der Waals surface area contributed by atoms with Crippen molar-refractivity contribution in [2.24, 2.45) is 0 Å². The van der Waals surface area contributed by atoms with E-state index in [2.05, 4.69) is 44.7 Å². The van der Waals surface area contributed by atoms with E-state index in [-0.39, 0.29) is 10.9 Å². The first kappa shape index (κ1) is 18.8. The van der Waals surface area contributed by atoms with Crippen molar-refractivity contribution in [3.63, 3.8) is 0 Å². The third-order valence-electron chi connectivity index (χ3n) is 3.70. The van der Waals surface area contributed by atoms with Gasteiger partial charge in [0.1, 0.15) is 5.75 Å². The van der Waals surface area contributed by atoms with Crippen molar-refractivity contribution >= 4 is 28.8 Å². The van der Waals surface area contributed by atoms with Gasteiger partial charge in [0.15, 0.2) is 10.9 Å². The Balaban J connectivity index is 1.60. The maximum Gasteiger partial charge on any atom is 0.387 e. The zero-order chi connectivity index (χ0) is 19.2. The number of rotatable bonds is 6. The van der Waals surface area contributed by atoms with Gasteiger partial charge in [-0.3, -0.25) is 4.68 Å². The molecule has 2 N–H and O–H groups in total. The fraction of sp³-hybridized carbons (Fsp3) is 0.158. The average molecular weight is 388 g/mol. The van der Waals surface area contributed by atoms with Crippen LogP contribution in [0.3, 0.4) is 0 Å². The van der Waals surface area contributed by atoms with Crippen LogP contribution in [0.1, 0.15) is 11.1 Å². The normalized spacial score (nSPS) is 10.7. The number of thiocarbonyl (C=S) groups is 1. The lowest BCUT2D eigenvalue weighted by Crippen LogP contribution is -2.20. The van der Waals surface area contributed by atoms with E-state index in [0.717, 1.165) is 5.56 Å². The molecule has 0 aliphatic heterocycles. The van der Waals surface area contributed by atoms with Crippen molar-refractivity contribution in [1.29, 1.82) is 0 Å². The Bertz CT molecular complexity index is 912. The number of alkyl halides is 2. The first-order chi connectivity index (χ1) is 13.0. The lowest BCUT2D eigenvalue weighted by Gasteiger charge is -2.13. The molecule has 27 heavy (non-hydrogen) atoms. The van der Waals surface area contributed by atoms with Gasteiger partial charge in [0, 0.05) is 12.3 Å². The van der Waals surface area contributed by atoms with Gasteiger partial charge in [-0.25, -0.2) is 0 Å². The predicted octanol–water partition coefficient (Wildman–Crippen LogP) is 4.65. The zero-order valence-electron chi connectivity index (χ0n) is 14.5. The number of nitrogens with zero attached hydrogens (tertiary/aromatic N) is 2. The molecule has 0 radical (unpaired) electrons. The van der Waals surface area contributed by atoms with Gasteiger partial charge in [-0.15, -0.1) is 0 Å². The van der Waals surface area contributed by atoms with Crippen molar-refractivity contribution in [3.05, 3.63) is 71.9 Å². The van der Waals surface area contributed by atoms with Crippen LogP contribution in [-0.2, 0) is 6.54 Å². The van der Waals surface area contributed by atoms with Gasteiger partial charge in [0.25, 0.3) is 0 Å². The van der Waals surface area contributed by atoms with Crippen LogP contribution in [0.4, 0.5) is 20.3 Å². The molecule has 0 saturated heterocycles. The Kier molecular flexibility index (Phi) is 5.97. The monoisotopic (exact) mass is 388 g/mol. The number of nitrogens with one attached hydrogen (secondary N) is 2. The molecule has 8 heteroatoms. The molecule has 5 nitrogen and oxygen atoms in total. The topological polar surface area (TPSA) is 51.1 Å². The summed E-state index contributed by atoms with van der Waals surface area (Å²) in [4.78, 5) is 0. The highest BCUT2D eigenvalue weighted by Gasteiger charge is 2.10. The van der Waals surface area contributed by atoms with Crippen molar-refractivity contribution in [2.75, 3.05) is 10.6 Å². The molecule has 3 aromatic rings. The fourth-order valence-corrected chi connectivity index (χ4v) is 2.65. The molecule has 0 fully saturated rings. The van der Waals surface area contributed by atoms with Crippen molar-refractivity contribution in [1.82, 2.24) is 9.78 Å². The van der Waals surface area contributed by atoms with Crippen LogP contribution in [0.5, 0.6) is 5.75 Å². The summed E-state index contributed by atoms with van der Waals surface area (Å²) in [5, 5.41) is 10.4. The molecule has 0 spiro atoms. The number of aryl methyl sites for hydroxylation is 1. The second kappa shape index (κ2) is 8.59. The minimum Gasteiger partial charge on any atom is -0.433 e. The number of ether oxygens (including phenoxy) is 1. The first-order valence-corrected chi connectivity index (χ1v) is 8.61. The lowest BCUT2D eigenvalue weighted by atomic mass is 10.1. The van der Waals surface area contributed by atoms with Crippen LogP contribution in [-0.4, -0.2) is 21.5 Å². The molecule has 2 aromatic carbocycles. The molecule has 0 atom stereocenters. The molecular formula is C19H18F2N4OS. The van der Waals surface area contributed by atoms with E-state index in [0.29, 0.717) is 18.1 Å². The van der Waals surface area contributed by atoms with E-state index in [9.17, 15) is 8.78 Å². The van der Waals surface area contributed by atoms with Crippen molar-refractivity contribution < 1.29 is 13.5 Å². The molecule has 0 aliphatic carbocycles. The second-order valence-corrected chi connectivity index (χ2v) is 6.25. The van der Waals surface area contributed by atoms with E-state index in [1.54, 1.807) is 28.9 Å². The van der Waals surface area contributed by atoms with E-state index in [4.69, 9.17) is 12.2 Å². The number of aromatic nitrogens is 2. The molecule has 1 aromatic heterocycles. The number of benzene rings is 2. The molecule has 1 heterocycles. The zero-order valence-corrected chi connectivity index (χ0v) is 15.3. The molecule has 0 saturated carbocycles. The Labute approximate surface area is 161 Å². The SMILES string of the molecule is Cc1ccc(Cn2ccc(NC(=S)Nc3ccccc3OC(F)F)n2)cc1. The van der Waals surface area contributed by atoms with E-state index >= 15 is 0 Å². The summed E-state index contributed by atoms with van der Waals surface area (Å²) in [6.45, 7) is -0.238. The second-order valence-electron chi connectivity index (χ2n) is 5.84. The summed E-state index contributed by atoms with van der Waals surface area (Å²) in [6, 6.07) is 16.3. The lowest BCUT2D eigenvalue weighted by molar-refractivity contribution is -0.0493. The minimum atomic E-state index is -2.91. The van der Waals surface area contributed by atoms with Gasteiger partial charge in [-0.2, -0.15) is 13.9 Å². The Hall–Kier alpha value is -3.00. The van der Waals surface area contributed by atoms with Gasteiger partial charge in [0.05, 0.1) is 12.2 Å². The minimum absolute atomic E-state index is 0.0153. The Morgan fingerprint density at radius 1 is 1.11 bits per heavy atom. The summed E-state index contributed by atoms with van der Waals surface area (Å²) in [7, 11) is 0. The fourth-order valence-electron chi connectivity index (χ4n) is 2.44. The number of hydrogen-bond acceptors (Lipinski definition) is 3. The van der Waals surface area contributed by atoms with Gasteiger partial charge in [-0.1, -0.05) is 42.0 Å². The van der Waals surface area contributed by atoms with Gasteiger partial charge >= 0.3 is 6.61 Å². The largest absolute Gasteiger partial charge is 0.433 e. The quantitative estimate of drug-likeness (QED) is 0.602. The first-order valence-electron chi connectivity index (χ1n) is 8.20. The van der Waals surface area contributed by atoms with Gasteiger partial charge < -0.3 is 15.4 Å². The molecular weight excluding hydrogens is 370 g/mol. The summed E-state index contributed by atoms with van der Waals surface area (Å²) >= 11 is 5.23. The van der Waals surface area contributed by atoms with E-state index < -0.39 is 6.61 Å². The van der Waals surface area contributed by atoms with Crippen LogP contribution in [0.25, 0.3) is 0 Å². The smallest absolute Gasteiger partial charge is 0.387 e. The van der Waals surface area contributed by atoms with Crippen LogP contribution < -0.4 is 15.4 Å². The van der Waals surface area contributed by atoms with E-state index in [1.807, 2.05) is 13.1 Å². The predicted molar refractivity (Wildman–Crippen MR) is 105 cm³/mol. The summed E-state index contributed by atoms with van der Waals surface area (Å²) in [6.07, 6.45) is 1.83. The average Bonchev–Trinajstić information content (AvgIpc) is 3.05.